The molecule has 1 spiro atoms. The molecule has 2 bridgehead atoms. The van der Waals surface area contributed by atoms with Gasteiger partial charge in [-0.05, 0) is 68.7 Å². The van der Waals surface area contributed by atoms with Crippen LogP contribution in [0.2, 0.25) is 0 Å². The van der Waals surface area contributed by atoms with E-state index in [-0.39, 0.29) is 23.0 Å². The molecule has 156 valence electrons. The van der Waals surface area contributed by atoms with Gasteiger partial charge in [0.1, 0.15) is 0 Å². The smallest absolute Gasteiger partial charge is 0.229 e. The fraction of sp³-hybridized carbons (Fsp3) is 0.652. The highest BCUT2D eigenvalue weighted by Gasteiger charge is 2.77. The maximum Gasteiger partial charge on any atom is 0.229 e. The summed E-state index contributed by atoms with van der Waals surface area (Å²) in [5.74, 6) is 0.505. The van der Waals surface area contributed by atoms with Crippen LogP contribution in [0.4, 0.5) is 0 Å². The van der Waals surface area contributed by atoms with Crippen LogP contribution in [0.3, 0.4) is 0 Å². The Morgan fingerprint density at radius 1 is 1.21 bits per heavy atom. The number of aryl methyl sites for hydroxylation is 1. The molecule has 3 N–H and O–H groups in total. The van der Waals surface area contributed by atoms with E-state index in [1.807, 2.05) is 0 Å². The summed E-state index contributed by atoms with van der Waals surface area (Å²) in [4.78, 5) is 25.5. The predicted molar refractivity (Wildman–Crippen MR) is 110 cm³/mol. The summed E-state index contributed by atoms with van der Waals surface area (Å²) in [5.41, 5.74) is 1.51. The van der Waals surface area contributed by atoms with Gasteiger partial charge in [0.2, 0.25) is 11.8 Å². The Balaban J connectivity index is 1.23. The lowest BCUT2D eigenvalue weighted by atomic mass is 9.53. The monoisotopic (exact) mass is 397 g/mol. The molecule has 0 radical (unpaired) electrons. The number of fused-ring (bicyclic) bond motifs is 1. The molecule has 3 saturated heterocycles. The SMILES string of the molecule is CNC(=O)C12CC(CNC(=O)CC3CCc4ccccc43)(C1)OC21CCNCC1. The Bertz CT molecular complexity index is 824. The molecular weight excluding hydrogens is 366 g/mol. The number of benzene rings is 1. The Hall–Kier alpha value is -1.92. The van der Waals surface area contributed by atoms with E-state index in [2.05, 4.69) is 40.2 Å². The molecule has 5 aliphatic rings. The molecule has 1 atom stereocenters. The van der Waals surface area contributed by atoms with Crippen molar-refractivity contribution in [1.82, 2.24) is 16.0 Å². The zero-order chi connectivity index (χ0) is 20.1. The Morgan fingerprint density at radius 3 is 2.72 bits per heavy atom. The lowest BCUT2D eigenvalue weighted by Crippen LogP contribution is -2.61. The highest BCUT2D eigenvalue weighted by Crippen LogP contribution is 2.68. The van der Waals surface area contributed by atoms with Crippen LogP contribution in [-0.4, -0.2) is 49.7 Å². The molecule has 6 heteroatoms. The minimum absolute atomic E-state index is 0.0911. The molecule has 6 nitrogen and oxygen atoms in total. The molecular formula is C23H31N3O3. The van der Waals surface area contributed by atoms with E-state index >= 15 is 0 Å². The van der Waals surface area contributed by atoms with Crippen LogP contribution in [0.1, 0.15) is 55.6 Å². The first-order valence-corrected chi connectivity index (χ1v) is 11.0. The predicted octanol–water partition coefficient (Wildman–Crippen LogP) is 1.64. The van der Waals surface area contributed by atoms with Gasteiger partial charge in [-0.2, -0.15) is 0 Å². The molecule has 0 aromatic heterocycles. The summed E-state index contributed by atoms with van der Waals surface area (Å²) in [6.45, 7) is 2.26. The first-order valence-electron chi connectivity index (χ1n) is 11.0. The van der Waals surface area contributed by atoms with Crippen molar-refractivity contribution in [3.05, 3.63) is 35.4 Å². The van der Waals surface area contributed by atoms with Crippen molar-refractivity contribution in [2.75, 3.05) is 26.7 Å². The second-order valence-electron chi connectivity index (χ2n) is 9.46. The number of hydrogen-bond donors (Lipinski definition) is 3. The number of hydrogen-bond acceptors (Lipinski definition) is 4. The minimum atomic E-state index is -0.432. The molecule has 29 heavy (non-hydrogen) atoms. The van der Waals surface area contributed by atoms with Gasteiger partial charge in [-0.3, -0.25) is 9.59 Å². The van der Waals surface area contributed by atoms with Gasteiger partial charge in [0.05, 0.1) is 16.6 Å². The third kappa shape index (κ3) is 2.83. The van der Waals surface area contributed by atoms with Crippen molar-refractivity contribution >= 4 is 11.8 Å². The van der Waals surface area contributed by atoms with Crippen molar-refractivity contribution in [2.45, 2.75) is 62.1 Å². The standard InChI is InChI=1S/C23H31N3O3/c1-24-20(28)22-13-21(14-22,29-23(22)8-10-25-11-9-23)15-26-19(27)12-17-7-6-16-4-2-3-5-18(16)17/h2-5,17,25H,6-15H2,1H3,(H,24,28)(H,26,27). The van der Waals surface area contributed by atoms with Gasteiger partial charge in [0, 0.05) is 20.0 Å². The third-order valence-corrected chi connectivity index (χ3v) is 7.90. The number of ether oxygens (including phenoxy) is 1. The zero-order valence-corrected chi connectivity index (χ0v) is 17.2. The highest BCUT2D eigenvalue weighted by molar-refractivity contribution is 5.86. The van der Waals surface area contributed by atoms with Crippen molar-refractivity contribution < 1.29 is 14.3 Å². The van der Waals surface area contributed by atoms with E-state index < -0.39 is 5.41 Å². The Labute approximate surface area is 172 Å². The Kier molecular flexibility index (Phi) is 4.48. The largest absolute Gasteiger partial charge is 0.365 e. The van der Waals surface area contributed by atoms with Gasteiger partial charge >= 0.3 is 0 Å². The average molecular weight is 398 g/mol. The van der Waals surface area contributed by atoms with Gasteiger partial charge in [-0.1, -0.05) is 24.3 Å². The van der Waals surface area contributed by atoms with Gasteiger partial charge in [-0.25, -0.2) is 0 Å². The highest BCUT2D eigenvalue weighted by atomic mass is 16.5. The molecule has 2 aliphatic carbocycles. The summed E-state index contributed by atoms with van der Waals surface area (Å²) in [6, 6.07) is 8.46. The van der Waals surface area contributed by atoms with Crippen LogP contribution >= 0.6 is 0 Å². The Morgan fingerprint density at radius 2 is 1.97 bits per heavy atom. The lowest BCUT2D eigenvalue weighted by Gasteiger charge is -2.47. The fourth-order valence-corrected chi connectivity index (χ4v) is 6.55. The summed E-state index contributed by atoms with van der Waals surface area (Å²) in [7, 11) is 1.71. The normalized spacial score (nSPS) is 33.8. The van der Waals surface area contributed by atoms with Crippen LogP contribution in [0.5, 0.6) is 0 Å². The summed E-state index contributed by atoms with van der Waals surface area (Å²) < 4.78 is 6.64. The quantitative estimate of drug-likeness (QED) is 0.706. The van der Waals surface area contributed by atoms with Crippen LogP contribution in [0.25, 0.3) is 0 Å². The average Bonchev–Trinajstić information content (AvgIpc) is 3.32. The lowest BCUT2D eigenvalue weighted by molar-refractivity contribution is -0.140. The van der Waals surface area contributed by atoms with Gasteiger partial charge in [0.15, 0.2) is 0 Å². The summed E-state index contributed by atoms with van der Waals surface area (Å²) in [5, 5.41) is 9.39. The van der Waals surface area contributed by atoms with Gasteiger partial charge in [-0.15, -0.1) is 0 Å². The second-order valence-corrected chi connectivity index (χ2v) is 9.46. The van der Waals surface area contributed by atoms with Crippen LogP contribution in [0, 0.1) is 5.41 Å². The first kappa shape index (κ1) is 19.1. The number of amides is 2. The number of rotatable bonds is 5. The summed E-state index contributed by atoms with van der Waals surface area (Å²) in [6.07, 6.45) is 5.78. The minimum Gasteiger partial charge on any atom is -0.365 e. The van der Waals surface area contributed by atoms with Crippen molar-refractivity contribution in [1.29, 1.82) is 0 Å². The third-order valence-electron chi connectivity index (χ3n) is 7.90. The molecule has 3 heterocycles. The van der Waals surface area contributed by atoms with E-state index in [0.717, 1.165) is 38.8 Å². The maximum atomic E-state index is 12.8. The molecule has 1 saturated carbocycles. The maximum absolute atomic E-state index is 12.8. The molecule has 1 unspecified atom stereocenters. The first-order chi connectivity index (χ1) is 14.0. The number of carbonyl (C=O) groups excluding carboxylic acids is 2. The van der Waals surface area contributed by atoms with Crippen LogP contribution < -0.4 is 16.0 Å². The molecule has 2 amide bonds. The van der Waals surface area contributed by atoms with Crippen molar-refractivity contribution in [2.24, 2.45) is 5.41 Å². The van der Waals surface area contributed by atoms with Crippen molar-refractivity contribution in [3.63, 3.8) is 0 Å². The van der Waals surface area contributed by atoms with E-state index in [0.29, 0.717) is 31.7 Å². The van der Waals surface area contributed by atoms with E-state index in [1.165, 1.54) is 11.1 Å². The molecule has 6 rings (SSSR count). The van der Waals surface area contributed by atoms with Gasteiger partial charge in [0.25, 0.3) is 0 Å². The van der Waals surface area contributed by atoms with E-state index in [9.17, 15) is 9.59 Å². The summed E-state index contributed by atoms with van der Waals surface area (Å²) >= 11 is 0. The number of piperidine rings is 1. The van der Waals surface area contributed by atoms with E-state index in [4.69, 9.17) is 4.74 Å². The van der Waals surface area contributed by atoms with Crippen molar-refractivity contribution in [3.8, 4) is 0 Å². The molecule has 1 aromatic rings. The van der Waals surface area contributed by atoms with Crippen LogP contribution in [-0.2, 0) is 20.7 Å². The topological polar surface area (TPSA) is 79.5 Å². The zero-order valence-electron chi connectivity index (χ0n) is 17.2. The molecule has 4 fully saturated rings. The fourth-order valence-electron chi connectivity index (χ4n) is 6.55. The number of nitrogens with one attached hydrogen (secondary N) is 3. The molecule has 3 aliphatic heterocycles. The second kappa shape index (κ2) is 6.81. The van der Waals surface area contributed by atoms with E-state index in [1.54, 1.807) is 7.05 Å². The van der Waals surface area contributed by atoms with Crippen LogP contribution in [0.15, 0.2) is 24.3 Å². The molecule has 1 aromatic carbocycles. The number of carbonyl (C=O) groups is 2. The van der Waals surface area contributed by atoms with Gasteiger partial charge < -0.3 is 20.7 Å².